The van der Waals surface area contributed by atoms with Crippen LogP contribution in [0, 0.1) is 0 Å². The Morgan fingerprint density at radius 2 is 1.90 bits per heavy atom. The molecule has 2 amide bonds. The van der Waals surface area contributed by atoms with Crippen LogP contribution in [0.25, 0.3) is 0 Å². The third-order valence-corrected chi connectivity index (χ3v) is 5.70. The van der Waals surface area contributed by atoms with E-state index < -0.39 is 0 Å². The Balaban J connectivity index is 1.30. The first-order chi connectivity index (χ1) is 14.0. The molecule has 2 fully saturated rings. The third kappa shape index (κ3) is 4.64. The van der Waals surface area contributed by atoms with Gasteiger partial charge in [-0.2, -0.15) is 0 Å². The third-order valence-electron chi connectivity index (χ3n) is 5.70. The van der Waals surface area contributed by atoms with E-state index in [2.05, 4.69) is 24.1 Å². The van der Waals surface area contributed by atoms with Crippen molar-refractivity contribution in [3.63, 3.8) is 0 Å². The molecule has 0 saturated carbocycles. The Hall–Kier alpha value is -2.32. The molecule has 0 aliphatic carbocycles. The zero-order valence-corrected chi connectivity index (χ0v) is 17.1. The highest BCUT2D eigenvalue weighted by atomic mass is 16.7. The molecular weight excluding hydrogens is 374 g/mol. The fourth-order valence-electron chi connectivity index (χ4n) is 4.48. The molecule has 3 aliphatic rings. The van der Waals surface area contributed by atoms with Crippen molar-refractivity contribution in [1.29, 1.82) is 0 Å². The fourth-order valence-corrected chi connectivity index (χ4v) is 4.48. The minimum atomic E-state index is -0.289. The second kappa shape index (κ2) is 8.59. The van der Waals surface area contributed by atoms with E-state index in [9.17, 15) is 9.59 Å². The maximum absolute atomic E-state index is 12.8. The lowest BCUT2D eigenvalue weighted by molar-refractivity contribution is -0.131. The van der Waals surface area contributed by atoms with Gasteiger partial charge in [-0.3, -0.25) is 14.5 Å². The van der Waals surface area contributed by atoms with Gasteiger partial charge in [-0.1, -0.05) is 0 Å². The van der Waals surface area contributed by atoms with Crippen LogP contribution in [0.3, 0.4) is 0 Å². The van der Waals surface area contributed by atoms with Gasteiger partial charge in [-0.25, -0.2) is 0 Å². The number of carbonyl (C=O) groups is 2. The molecule has 0 aromatic heterocycles. The van der Waals surface area contributed by atoms with Crippen molar-refractivity contribution in [2.75, 3.05) is 39.5 Å². The summed E-state index contributed by atoms with van der Waals surface area (Å²) in [6.07, 6.45) is 2.43. The average Bonchev–Trinajstić information content (AvgIpc) is 3.33. The van der Waals surface area contributed by atoms with Crippen LogP contribution in [0.4, 0.5) is 0 Å². The highest BCUT2D eigenvalue weighted by Crippen LogP contribution is 2.32. The van der Waals surface area contributed by atoms with Gasteiger partial charge in [0, 0.05) is 37.8 Å². The zero-order valence-electron chi connectivity index (χ0n) is 17.1. The number of likely N-dealkylation sites (tertiary alicyclic amines) is 1. The quantitative estimate of drug-likeness (QED) is 0.797. The summed E-state index contributed by atoms with van der Waals surface area (Å²) in [6.45, 7) is 7.74. The number of morpholine rings is 1. The molecule has 3 aliphatic heterocycles. The average molecular weight is 403 g/mol. The standard InChI is InChI=1S/C21H29N3O5/c1-14-10-23(11-15(2)29-14)12-17-4-3-7-24(17)20(25)9-22-21(26)16-5-6-18-19(8-16)28-13-27-18/h5-6,8,14-15,17H,3-4,7,9-13H2,1-2H3,(H,22,26). The molecule has 1 aromatic rings. The smallest absolute Gasteiger partial charge is 0.251 e. The molecule has 4 rings (SSSR count). The number of ether oxygens (including phenoxy) is 3. The molecule has 0 radical (unpaired) electrons. The first-order valence-corrected chi connectivity index (χ1v) is 10.3. The largest absolute Gasteiger partial charge is 0.454 e. The van der Waals surface area contributed by atoms with Crippen LogP contribution in [-0.2, 0) is 9.53 Å². The highest BCUT2D eigenvalue weighted by molar-refractivity contribution is 5.97. The minimum Gasteiger partial charge on any atom is -0.454 e. The number of nitrogens with zero attached hydrogens (tertiary/aromatic N) is 2. The number of benzene rings is 1. The lowest BCUT2D eigenvalue weighted by Gasteiger charge is -2.38. The minimum absolute atomic E-state index is 0.000306. The number of nitrogens with one attached hydrogen (secondary N) is 1. The maximum Gasteiger partial charge on any atom is 0.251 e. The zero-order chi connectivity index (χ0) is 20.4. The number of amides is 2. The number of carbonyl (C=O) groups excluding carboxylic acids is 2. The van der Waals surface area contributed by atoms with Gasteiger partial charge in [-0.05, 0) is 44.9 Å². The fraction of sp³-hybridized carbons (Fsp3) is 0.619. The molecule has 0 bridgehead atoms. The van der Waals surface area contributed by atoms with E-state index in [1.165, 1.54) is 0 Å². The second-order valence-electron chi connectivity index (χ2n) is 8.11. The summed E-state index contributed by atoms with van der Waals surface area (Å²) in [5, 5.41) is 2.74. The van der Waals surface area contributed by atoms with Gasteiger partial charge in [0.1, 0.15) is 0 Å². The molecule has 3 heterocycles. The van der Waals surface area contributed by atoms with Crippen molar-refractivity contribution in [3.8, 4) is 11.5 Å². The van der Waals surface area contributed by atoms with E-state index in [1.807, 2.05) is 4.90 Å². The first-order valence-electron chi connectivity index (χ1n) is 10.3. The highest BCUT2D eigenvalue weighted by Gasteiger charge is 2.32. The molecule has 158 valence electrons. The summed E-state index contributed by atoms with van der Waals surface area (Å²) in [5.74, 6) is 0.862. The van der Waals surface area contributed by atoms with Crippen LogP contribution < -0.4 is 14.8 Å². The summed E-state index contributed by atoms with van der Waals surface area (Å²) in [5.41, 5.74) is 0.455. The Labute approximate surface area is 171 Å². The van der Waals surface area contributed by atoms with E-state index >= 15 is 0 Å². The second-order valence-corrected chi connectivity index (χ2v) is 8.11. The maximum atomic E-state index is 12.8. The van der Waals surface area contributed by atoms with E-state index in [1.54, 1.807) is 18.2 Å². The molecule has 3 atom stereocenters. The Kier molecular flexibility index (Phi) is 5.91. The van der Waals surface area contributed by atoms with Gasteiger partial charge in [0.05, 0.1) is 18.8 Å². The van der Waals surface area contributed by atoms with Gasteiger partial charge < -0.3 is 24.4 Å². The van der Waals surface area contributed by atoms with Crippen molar-refractivity contribution >= 4 is 11.8 Å². The van der Waals surface area contributed by atoms with Crippen molar-refractivity contribution in [1.82, 2.24) is 15.1 Å². The van der Waals surface area contributed by atoms with Gasteiger partial charge in [0.2, 0.25) is 12.7 Å². The van der Waals surface area contributed by atoms with Crippen LogP contribution in [0.15, 0.2) is 18.2 Å². The molecular formula is C21H29N3O5. The molecule has 1 aromatic carbocycles. The van der Waals surface area contributed by atoms with Gasteiger partial charge in [0.25, 0.3) is 5.91 Å². The van der Waals surface area contributed by atoms with Crippen LogP contribution in [0.1, 0.15) is 37.0 Å². The molecule has 3 unspecified atom stereocenters. The van der Waals surface area contributed by atoms with E-state index in [-0.39, 0.29) is 43.4 Å². The molecule has 1 N–H and O–H groups in total. The monoisotopic (exact) mass is 403 g/mol. The normalized spacial score (nSPS) is 26.6. The van der Waals surface area contributed by atoms with Crippen molar-refractivity contribution < 1.29 is 23.8 Å². The van der Waals surface area contributed by atoms with Gasteiger partial charge in [0.15, 0.2) is 11.5 Å². The van der Waals surface area contributed by atoms with E-state index in [0.717, 1.165) is 39.0 Å². The van der Waals surface area contributed by atoms with Gasteiger partial charge >= 0.3 is 0 Å². The topological polar surface area (TPSA) is 80.3 Å². The lowest BCUT2D eigenvalue weighted by atomic mass is 10.1. The summed E-state index contributed by atoms with van der Waals surface area (Å²) in [4.78, 5) is 29.5. The van der Waals surface area contributed by atoms with E-state index in [0.29, 0.717) is 17.1 Å². The molecule has 2 saturated heterocycles. The SMILES string of the molecule is CC1CN(CC2CCCN2C(=O)CNC(=O)c2ccc3c(c2)OCO3)CC(C)O1. The van der Waals surface area contributed by atoms with Gasteiger partial charge in [-0.15, -0.1) is 0 Å². The predicted octanol–water partition coefficient (Wildman–Crippen LogP) is 1.25. The summed E-state index contributed by atoms with van der Waals surface area (Å²) in [6, 6.07) is 5.22. The molecule has 0 spiro atoms. The first kappa shape index (κ1) is 20.0. The van der Waals surface area contributed by atoms with Crippen molar-refractivity contribution in [3.05, 3.63) is 23.8 Å². The van der Waals surface area contributed by atoms with Crippen molar-refractivity contribution in [2.24, 2.45) is 0 Å². The molecule has 8 heteroatoms. The van der Waals surface area contributed by atoms with Crippen LogP contribution >= 0.6 is 0 Å². The number of fused-ring (bicyclic) bond motifs is 1. The molecule has 8 nitrogen and oxygen atoms in total. The van der Waals surface area contributed by atoms with Crippen LogP contribution in [0.2, 0.25) is 0 Å². The van der Waals surface area contributed by atoms with E-state index in [4.69, 9.17) is 14.2 Å². The van der Waals surface area contributed by atoms with Crippen molar-refractivity contribution in [2.45, 2.75) is 44.9 Å². The Bertz CT molecular complexity index is 761. The predicted molar refractivity (Wildman–Crippen MR) is 106 cm³/mol. The number of rotatable bonds is 5. The lowest BCUT2D eigenvalue weighted by Crippen LogP contribution is -2.52. The Morgan fingerprint density at radius 1 is 1.14 bits per heavy atom. The number of hydrogen-bond acceptors (Lipinski definition) is 6. The number of hydrogen-bond donors (Lipinski definition) is 1. The van der Waals surface area contributed by atoms with Crippen LogP contribution in [0.5, 0.6) is 11.5 Å². The summed E-state index contributed by atoms with van der Waals surface area (Å²) >= 11 is 0. The summed E-state index contributed by atoms with van der Waals surface area (Å²) < 4.78 is 16.4. The Morgan fingerprint density at radius 3 is 2.69 bits per heavy atom. The van der Waals surface area contributed by atoms with Crippen LogP contribution in [-0.4, -0.2) is 79.4 Å². The molecule has 29 heavy (non-hydrogen) atoms. The summed E-state index contributed by atoms with van der Waals surface area (Å²) in [7, 11) is 0.